The zero-order valence-electron chi connectivity index (χ0n) is 16.1. The molecule has 0 atom stereocenters. The fourth-order valence-electron chi connectivity index (χ4n) is 3.61. The number of aliphatic hydroxyl groups is 1. The average molecular weight is 411 g/mol. The Morgan fingerprint density at radius 3 is 2.17 bits per heavy atom. The van der Waals surface area contributed by atoms with Gasteiger partial charge in [0.05, 0.1) is 23.3 Å². The van der Waals surface area contributed by atoms with E-state index >= 15 is 0 Å². The van der Waals surface area contributed by atoms with Gasteiger partial charge in [0, 0.05) is 22.3 Å². The number of ether oxygens (including phenoxy) is 1. The standard InChI is InChI=1S/C25H17NO3S/c1-29-17-13-11-16(12-14-17)25-26-21(15-7-3-2-4-8-15)24(30-25)20-22(27)18-9-5-6-10-19(18)23(20)28/h2-14,27H,1H3. The van der Waals surface area contributed by atoms with Gasteiger partial charge in [-0.2, -0.15) is 0 Å². The van der Waals surface area contributed by atoms with Crippen molar-refractivity contribution in [3.8, 4) is 27.6 Å². The van der Waals surface area contributed by atoms with Crippen LogP contribution in [0.25, 0.3) is 33.2 Å². The first-order valence-corrected chi connectivity index (χ1v) is 10.3. The highest BCUT2D eigenvalue weighted by Gasteiger charge is 2.33. The molecular formula is C25H17NO3S. The minimum absolute atomic E-state index is 0.0118. The quantitative estimate of drug-likeness (QED) is 0.440. The molecule has 0 saturated carbocycles. The summed E-state index contributed by atoms with van der Waals surface area (Å²) >= 11 is 1.41. The van der Waals surface area contributed by atoms with Crippen LogP contribution in [-0.4, -0.2) is 23.0 Å². The number of nitrogens with zero attached hydrogens (tertiary/aromatic N) is 1. The third kappa shape index (κ3) is 2.91. The number of hydrogen-bond donors (Lipinski definition) is 1. The Balaban J connectivity index is 1.71. The van der Waals surface area contributed by atoms with Crippen molar-refractivity contribution < 1.29 is 14.6 Å². The number of Topliss-reactive ketones (excluding diaryl/α,β-unsaturated/α-hetero) is 1. The lowest BCUT2D eigenvalue weighted by atomic mass is 10.0. The van der Waals surface area contributed by atoms with Gasteiger partial charge in [0.2, 0.25) is 0 Å². The topological polar surface area (TPSA) is 59.4 Å². The summed E-state index contributed by atoms with van der Waals surface area (Å²) in [4.78, 5) is 18.7. The number of rotatable bonds is 4. The van der Waals surface area contributed by atoms with Crippen molar-refractivity contribution in [1.29, 1.82) is 0 Å². The van der Waals surface area contributed by atoms with Crippen molar-refractivity contribution in [3.63, 3.8) is 0 Å². The first kappa shape index (κ1) is 18.3. The number of aliphatic hydroxyl groups excluding tert-OH is 1. The van der Waals surface area contributed by atoms with E-state index in [1.54, 1.807) is 25.3 Å². The minimum atomic E-state index is -0.176. The first-order chi connectivity index (χ1) is 14.7. The SMILES string of the molecule is COc1ccc(-c2nc(-c3ccccc3)c(C3=C(O)c4ccccc4C3=O)s2)cc1. The van der Waals surface area contributed by atoms with E-state index in [1.807, 2.05) is 60.7 Å². The molecule has 4 nitrogen and oxygen atoms in total. The van der Waals surface area contributed by atoms with E-state index in [1.165, 1.54) is 11.3 Å². The summed E-state index contributed by atoms with van der Waals surface area (Å²) in [5.41, 5.74) is 3.90. The van der Waals surface area contributed by atoms with Crippen molar-refractivity contribution in [2.75, 3.05) is 7.11 Å². The zero-order valence-corrected chi connectivity index (χ0v) is 16.9. The molecule has 0 aliphatic heterocycles. The molecule has 3 aromatic carbocycles. The number of thiazole rings is 1. The molecule has 146 valence electrons. The molecule has 1 heterocycles. The summed E-state index contributed by atoms with van der Waals surface area (Å²) in [5.74, 6) is 0.600. The molecule has 1 aliphatic carbocycles. The molecule has 5 rings (SSSR count). The molecule has 1 aliphatic rings. The predicted molar refractivity (Wildman–Crippen MR) is 120 cm³/mol. The second-order valence-corrected chi connectivity index (χ2v) is 7.89. The maximum Gasteiger partial charge on any atom is 0.199 e. The Bertz CT molecular complexity index is 1290. The van der Waals surface area contributed by atoms with Crippen LogP contribution in [0.5, 0.6) is 5.75 Å². The van der Waals surface area contributed by atoms with Crippen LogP contribution in [0.2, 0.25) is 0 Å². The number of carbonyl (C=O) groups excluding carboxylic acids is 1. The minimum Gasteiger partial charge on any atom is -0.506 e. The van der Waals surface area contributed by atoms with E-state index in [4.69, 9.17) is 9.72 Å². The lowest BCUT2D eigenvalue weighted by molar-refractivity contribution is 0.105. The van der Waals surface area contributed by atoms with Gasteiger partial charge in [-0.25, -0.2) is 4.98 Å². The molecule has 0 radical (unpaired) electrons. The van der Waals surface area contributed by atoms with Gasteiger partial charge in [0.1, 0.15) is 16.5 Å². The maximum atomic E-state index is 13.2. The van der Waals surface area contributed by atoms with Gasteiger partial charge in [-0.05, 0) is 24.3 Å². The van der Waals surface area contributed by atoms with Crippen LogP contribution < -0.4 is 4.74 Å². The van der Waals surface area contributed by atoms with Gasteiger partial charge in [-0.1, -0.05) is 54.6 Å². The molecule has 4 aromatic rings. The number of hydrogen-bond acceptors (Lipinski definition) is 5. The van der Waals surface area contributed by atoms with Crippen LogP contribution in [0, 0.1) is 0 Å². The average Bonchev–Trinajstić information content (AvgIpc) is 3.34. The molecule has 30 heavy (non-hydrogen) atoms. The monoisotopic (exact) mass is 411 g/mol. The summed E-state index contributed by atoms with van der Waals surface area (Å²) in [6.07, 6.45) is 0. The van der Waals surface area contributed by atoms with Crippen molar-refractivity contribution in [2.24, 2.45) is 0 Å². The Morgan fingerprint density at radius 2 is 1.50 bits per heavy atom. The molecule has 1 N–H and O–H groups in total. The van der Waals surface area contributed by atoms with Crippen molar-refractivity contribution in [1.82, 2.24) is 4.98 Å². The number of carbonyl (C=O) groups is 1. The Hall–Kier alpha value is -3.70. The summed E-state index contributed by atoms with van der Waals surface area (Å²) in [6, 6.07) is 24.5. The van der Waals surface area contributed by atoms with Crippen molar-refractivity contribution in [2.45, 2.75) is 0 Å². The van der Waals surface area contributed by atoms with Crippen LogP contribution in [0.3, 0.4) is 0 Å². The summed E-state index contributed by atoms with van der Waals surface area (Å²) < 4.78 is 5.25. The van der Waals surface area contributed by atoms with E-state index in [-0.39, 0.29) is 11.5 Å². The van der Waals surface area contributed by atoms with Crippen molar-refractivity contribution in [3.05, 3.63) is 94.9 Å². The zero-order chi connectivity index (χ0) is 20.7. The van der Waals surface area contributed by atoms with E-state index < -0.39 is 0 Å². The highest BCUT2D eigenvalue weighted by Crippen LogP contribution is 2.44. The normalized spacial score (nSPS) is 12.9. The molecule has 5 heteroatoms. The highest BCUT2D eigenvalue weighted by atomic mass is 32.1. The first-order valence-electron chi connectivity index (χ1n) is 9.45. The Kier molecular flexibility index (Phi) is 4.45. The van der Waals surface area contributed by atoms with Gasteiger partial charge >= 0.3 is 0 Å². The van der Waals surface area contributed by atoms with Gasteiger partial charge in [0.15, 0.2) is 5.78 Å². The van der Waals surface area contributed by atoms with Crippen LogP contribution in [0.4, 0.5) is 0 Å². The molecular weight excluding hydrogens is 394 g/mol. The lowest BCUT2D eigenvalue weighted by Crippen LogP contribution is -1.98. The maximum absolute atomic E-state index is 13.2. The molecule has 1 aromatic heterocycles. The number of ketones is 1. The molecule has 0 fully saturated rings. The molecule has 0 unspecified atom stereocenters. The van der Waals surface area contributed by atoms with Crippen LogP contribution in [0.15, 0.2) is 78.9 Å². The highest BCUT2D eigenvalue weighted by molar-refractivity contribution is 7.17. The van der Waals surface area contributed by atoms with E-state index in [0.717, 1.165) is 21.9 Å². The van der Waals surface area contributed by atoms with Gasteiger partial charge in [0.25, 0.3) is 0 Å². The van der Waals surface area contributed by atoms with Gasteiger partial charge in [-0.3, -0.25) is 4.79 Å². The number of benzene rings is 3. The largest absolute Gasteiger partial charge is 0.506 e. The molecule has 0 bridgehead atoms. The third-order valence-corrected chi connectivity index (χ3v) is 6.25. The fraction of sp³-hybridized carbons (Fsp3) is 0.0400. The van der Waals surface area contributed by atoms with E-state index in [2.05, 4.69) is 0 Å². The number of aromatic nitrogens is 1. The van der Waals surface area contributed by atoms with Crippen LogP contribution in [0.1, 0.15) is 20.8 Å². The smallest absolute Gasteiger partial charge is 0.199 e. The van der Waals surface area contributed by atoms with Gasteiger partial charge in [-0.15, -0.1) is 11.3 Å². The second-order valence-electron chi connectivity index (χ2n) is 6.89. The third-order valence-electron chi connectivity index (χ3n) is 5.13. The van der Waals surface area contributed by atoms with Crippen LogP contribution >= 0.6 is 11.3 Å². The number of methoxy groups -OCH3 is 1. The molecule has 0 saturated heterocycles. The number of fused-ring (bicyclic) bond motifs is 1. The van der Waals surface area contributed by atoms with Gasteiger partial charge < -0.3 is 9.84 Å². The van der Waals surface area contributed by atoms with E-state index in [9.17, 15) is 9.90 Å². The Labute approximate surface area is 177 Å². The summed E-state index contributed by atoms with van der Waals surface area (Å²) in [6.45, 7) is 0. The second kappa shape index (κ2) is 7.28. The predicted octanol–water partition coefficient (Wildman–Crippen LogP) is 6.11. The van der Waals surface area contributed by atoms with E-state index in [0.29, 0.717) is 27.3 Å². The Morgan fingerprint density at radius 1 is 0.833 bits per heavy atom. The summed E-state index contributed by atoms with van der Waals surface area (Å²) in [5, 5.41) is 11.7. The molecule has 0 spiro atoms. The fourth-order valence-corrected chi connectivity index (χ4v) is 4.75. The van der Waals surface area contributed by atoms with Crippen molar-refractivity contribution >= 4 is 28.5 Å². The molecule has 0 amide bonds. The summed E-state index contributed by atoms with van der Waals surface area (Å²) in [7, 11) is 1.63. The lowest BCUT2D eigenvalue weighted by Gasteiger charge is -2.03. The number of allylic oxidation sites excluding steroid dienone is 1. The van der Waals surface area contributed by atoms with Crippen LogP contribution in [-0.2, 0) is 0 Å².